The van der Waals surface area contributed by atoms with Gasteiger partial charge in [-0.2, -0.15) is 0 Å². The molecule has 2 aromatic carbocycles. The Kier molecular flexibility index (Phi) is 4.72. The van der Waals surface area contributed by atoms with Crippen LogP contribution in [0, 0.1) is 23.1 Å². The van der Waals surface area contributed by atoms with Crippen LogP contribution in [0.3, 0.4) is 0 Å². The Labute approximate surface area is 167 Å². The zero-order valence-electron chi connectivity index (χ0n) is 16.6. The van der Waals surface area contributed by atoms with Gasteiger partial charge in [0.05, 0.1) is 0 Å². The van der Waals surface area contributed by atoms with Crippen LogP contribution in [0.15, 0.2) is 48.5 Å². The molecule has 2 bridgehead atoms. The van der Waals surface area contributed by atoms with Gasteiger partial charge in [-0.3, -0.25) is 0 Å². The van der Waals surface area contributed by atoms with Gasteiger partial charge in [0, 0.05) is 0 Å². The van der Waals surface area contributed by atoms with Crippen molar-refractivity contribution in [3.8, 4) is 11.5 Å². The van der Waals surface area contributed by atoms with E-state index in [2.05, 4.69) is 6.92 Å². The predicted octanol–water partition coefficient (Wildman–Crippen LogP) is 6.15. The van der Waals surface area contributed by atoms with E-state index in [1.165, 1.54) is 38.2 Å². The summed E-state index contributed by atoms with van der Waals surface area (Å²) in [5.74, 6) is 2.99. The molecule has 1 unspecified atom stereocenters. The Morgan fingerprint density at radius 2 is 1.86 bits per heavy atom. The Hall–Kier alpha value is -1.44. The molecule has 2 aromatic rings. The van der Waals surface area contributed by atoms with Crippen LogP contribution >= 0.6 is 7.49 Å². The third kappa shape index (κ3) is 3.60. The standard InChI is InChI=1S/C24H30FO2P/c1-18-13-19(18)7-8-24-9-11-28(12-10-24,26-17-24)23-15-20(25)14-22(16-23)27-21-5-3-2-4-6-21/h2-6,14-16,18-19,28H,7-13,17H2,1H3/t18?,19-/m1/s1. The molecule has 2 atom stereocenters. The van der Waals surface area contributed by atoms with Gasteiger partial charge < -0.3 is 0 Å². The van der Waals surface area contributed by atoms with E-state index in [-0.39, 0.29) is 5.82 Å². The second-order valence-electron chi connectivity index (χ2n) is 9.39. The zero-order valence-corrected chi connectivity index (χ0v) is 17.6. The van der Waals surface area contributed by atoms with E-state index in [4.69, 9.17) is 9.26 Å². The molecule has 4 heteroatoms. The summed E-state index contributed by atoms with van der Waals surface area (Å²) in [6, 6.07) is 14.8. The van der Waals surface area contributed by atoms with Gasteiger partial charge in [0.2, 0.25) is 0 Å². The number of fused-ring (bicyclic) bond motifs is 3. The molecule has 6 rings (SSSR count). The molecule has 3 aliphatic heterocycles. The topological polar surface area (TPSA) is 18.5 Å². The number of benzene rings is 2. The average Bonchev–Trinajstić information content (AvgIpc) is 3.44. The predicted molar refractivity (Wildman–Crippen MR) is 115 cm³/mol. The molecular weight excluding hydrogens is 370 g/mol. The van der Waals surface area contributed by atoms with Crippen molar-refractivity contribution in [3.63, 3.8) is 0 Å². The first-order valence-electron chi connectivity index (χ1n) is 10.7. The fourth-order valence-corrected chi connectivity index (χ4v) is 9.80. The number of halogens is 1. The van der Waals surface area contributed by atoms with Crippen LogP contribution in [-0.2, 0) is 4.52 Å². The summed E-state index contributed by atoms with van der Waals surface area (Å²) >= 11 is 0. The van der Waals surface area contributed by atoms with Crippen molar-refractivity contribution >= 4 is 12.8 Å². The molecule has 3 heterocycles. The van der Waals surface area contributed by atoms with Crippen LogP contribution in [-0.4, -0.2) is 18.9 Å². The molecule has 2 nitrogen and oxygen atoms in total. The molecule has 0 amide bonds. The molecule has 150 valence electrons. The van der Waals surface area contributed by atoms with E-state index in [1.54, 1.807) is 6.07 Å². The first-order chi connectivity index (χ1) is 13.6. The SMILES string of the molecule is CC1C[C@H]1CCC12CC[PH](c3cc(F)cc(Oc4ccccc4)c3)(CC1)OC2. The van der Waals surface area contributed by atoms with Gasteiger partial charge in [0.15, 0.2) is 0 Å². The van der Waals surface area contributed by atoms with Crippen LogP contribution in [0.5, 0.6) is 11.5 Å². The van der Waals surface area contributed by atoms with Crippen LogP contribution in [0.2, 0.25) is 0 Å². The van der Waals surface area contributed by atoms with E-state index < -0.39 is 7.49 Å². The molecule has 0 N–H and O–H groups in total. The van der Waals surface area contributed by atoms with Crippen molar-refractivity contribution in [1.29, 1.82) is 0 Å². The molecule has 1 aliphatic carbocycles. The number of hydrogen-bond donors (Lipinski definition) is 0. The number of para-hydroxylation sites is 1. The number of hydrogen-bond acceptors (Lipinski definition) is 2. The summed E-state index contributed by atoms with van der Waals surface area (Å²) in [6.45, 7) is 3.25. The van der Waals surface area contributed by atoms with Gasteiger partial charge in [0.1, 0.15) is 0 Å². The van der Waals surface area contributed by atoms with Gasteiger partial charge in [-0.15, -0.1) is 0 Å². The Balaban J connectivity index is 1.31. The first-order valence-corrected chi connectivity index (χ1v) is 13.1. The third-order valence-corrected chi connectivity index (χ3v) is 11.6. The molecule has 4 fully saturated rings. The van der Waals surface area contributed by atoms with Crippen molar-refractivity contribution in [3.05, 3.63) is 54.3 Å². The van der Waals surface area contributed by atoms with Crippen molar-refractivity contribution in [1.82, 2.24) is 0 Å². The van der Waals surface area contributed by atoms with Crippen LogP contribution in [0.1, 0.15) is 39.0 Å². The summed E-state index contributed by atoms with van der Waals surface area (Å²) in [6.07, 6.45) is 8.87. The average molecular weight is 400 g/mol. The maximum absolute atomic E-state index is 14.4. The molecule has 0 radical (unpaired) electrons. The minimum absolute atomic E-state index is 0.223. The zero-order chi connectivity index (χ0) is 19.2. The Bertz CT molecular complexity index is 828. The molecule has 0 spiro atoms. The molecule has 4 aliphatic rings. The summed E-state index contributed by atoms with van der Waals surface area (Å²) < 4.78 is 27.0. The number of ether oxygens (including phenoxy) is 1. The van der Waals surface area contributed by atoms with Gasteiger partial charge in [-0.25, -0.2) is 0 Å². The van der Waals surface area contributed by atoms with E-state index in [9.17, 15) is 4.39 Å². The molecule has 3 saturated heterocycles. The fraction of sp³-hybridized carbons (Fsp3) is 0.500. The number of rotatable bonds is 6. The molecule has 1 saturated carbocycles. The second-order valence-corrected chi connectivity index (χ2v) is 13.2. The molecule has 28 heavy (non-hydrogen) atoms. The van der Waals surface area contributed by atoms with Crippen LogP contribution < -0.4 is 10.0 Å². The van der Waals surface area contributed by atoms with E-state index in [0.717, 1.165) is 41.8 Å². The maximum atomic E-state index is 14.4. The van der Waals surface area contributed by atoms with Crippen LogP contribution in [0.4, 0.5) is 4.39 Å². The van der Waals surface area contributed by atoms with Gasteiger partial charge in [0.25, 0.3) is 0 Å². The van der Waals surface area contributed by atoms with Crippen molar-refractivity contribution < 1.29 is 13.7 Å². The summed E-state index contributed by atoms with van der Waals surface area (Å²) in [4.78, 5) is 0. The monoisotopic (exact) mass is 400 g/mol. The normalized spacial score (nSPS) is 31.4. The van der Waals surface area contributed by atoms with Crippen molar-refractivity contribution in [2.45, 2.75) is 39.0 Å². The summed E-state index contributed by atoms with van der Waals surface area (Å²) in [5, 5.41) is 1.07. The molecule has 0 aromatic heterocycles. The van der Waals surface area contributed by atoms with E-state index in [1.807, 2.05) is 36.4 Å². The van der Waals surface area contributed by atoms with E-state index in [0.29, 0.717) is 11.2 Å². The van der Waals surface area contributed by atoms with Crippen molar-refractivity contribution in [2.24, 2.45) is 17.3 Å². The second kappa shape index (κ2) is 7.11. The minimum atomic E-state index is -2.07. The van der Waals surface area contributed by atoms with E-state index >= 15 is 0 Å². The van der Waals surface area contributed by atoms with Gasteiger partial charge in [-0.05, 0) is 0 Å². The molecular formula is C24H30FO2P. The third-order valence-electron chi connectivity index (χ3n) is 7.47. The summed E-state index contributed by atoms with van der Waals surface area (Å²) in [5.41, 5.74) is 0.397. The fourth-order valence-electron chi connectivity index (χ4n) is 5.26. The van der Waals surface area contributed by atoms with Gasteiger partial charge >= 0.3 is 168 Å². The summed E-state index contributed by atoms with van der Waals surface area (Å²) in [7, 11) is -2.07. The van der Waals surface area contributed by atoms with Crippen LogP contribution in [0.25, 0.3) is 0 Å². The van der Waals surface area contributed by atoms with Gasteiger partial charge in [-0.1, -0.05) is 0 Å². The quantitative estimate of drug-likeness (QED) is 0.541. The Morgan fingerprint density at radius 1 is 1.11 bits per heavy atom. The Morgan fingerprint density at radius 3 is 2.50 bits per heavy atom. The van der Waals surface area contributed by atoms with Crippen molar-refractivity contribution in [2.75, 3.05) is 18.9 Å². The first kappa shape index (κ1) is 18.6.